The first kappa shape index (κ1) is 13.1. The van der Waals surface area contributed by atoms with Crippen LogP contribution in [0.5, 0.6) is 0 Å². The fourth-order valence-corrected chi connectivity index (χ4v) is 2.50. The van der Waals surface area contributed by atoms with Crippen molar-refractivity contribution in [3.05, 3.63) is 17.7 Å². The fourth-order valence-electron chi connectivity index (χ4n) is 2.50. The maximum Gasteiger partial charge on any atom is 0.168 e. The second-order valence-electron chi connectivity index (χ2n) is 5.48. The van der Waals surface area contributed by atoms with Gasteiger partial charge in [0.05, 0.1) is 0 Å². The SMILES string of the molecule is CNc1nc(NC2CCCC2(C)C)c(F)cc1F. The molecular weight excluding hydrogens is 236 g/mol. The van der Waals surface area contributed by atoms with Crippen molar-refractivity contribution in [2.75, 3.05) is 17.7 Å². The van der Waals surface area contributed by atoms with Gasteiger partial charge in [0.1, 0.15) is 0 Å². The van der Waals surface area contributed by atoms with Crippen LogP contribution in [0.25, 0.3) is 0 Å². The summed E-state index contributed by atoms with van der Waals surface area (Å²) in [5.74, 6) is -1.13. The Balaban J connectivity index is 2.24. The minimum atomic E-state index is -0.675. The van der Waals surface area contributed by atoms with Crippen molar-refractivity contribution in [2.24, 2.45) is 5.41 Å². The number of hydrogen-bond acceptors (Lipinski definition) is 3. The molecule has 0 saturated heterocycles. The summed E-state index contributed by atoms with van der Waals surface area (Å²) in [6.07, 6.45) is 3.21. The van der Waals surface area contributed by atoms with E-state index in [9.17, 15) is 8.78 Å². The molecule has 3 nitrogen and oxygen atoms in total. The summed E-state index contributed by atoms with van der Waals surface area (Å²) in [6.45, 7) is 4.30. The molecule has 1 saturated carbocycles. The molecule has 1 aromatic rings. The van der Waals surface area contributed by atoms with E-state index >= 15 is 0 Å². The number of nitrogens with one attached hydrogen (secondary N) is 2. The number of nitrogens with zero attached hydrogens (tertiary/aromatic N) is 1. The van der Waals surface area contributed by atoms with Crippen LogP contribution in [0, 0.1) is 17.0 Å². The van der Waals surface area contributed by atoms with Crippen molar-refractivity contribution >= 4 is 11.6 Å². The van der Waals surface area contributed by atoms with Crippen molar-refractivity contribution in [1.29, 1.82) is 0 Å². The van der Waals surface area contributed by atoms with Crippen LogP contribution in [0.4, 0.5) is 20.4 Å². The molecule has 1 fully saturated rings. The topological polar surface area (TPSA) is 37.0 Å². The van der Waals surface area contributed by atoms with Crippen molar-refractivity contribution in [3.63, 3.8) is 0 Å². The van der Waals surface area contributed by atoms with Crippen molar-refractivity contribution in [2.45, 2.75) is 39.2 Å². The van der Waals surface area contributed by atoms with Gasteiger partial charge in [0.25, 0.3) is 0 Å². The molecule has 1 aliphatic carbocycles. The molecule has 0 aromatic carbocycles. The number of rotatable bonds is 3. The average Bonchev–Trinajstić information content (AvgIpc) is 2.62. The second kappa shape index (κ2) is 4.71. The molecular formula is C13H19F2N3. The van der Waals surface area contributed by atoms with Gasteiger partial charge >= 0.3 is 0 Å². The predicted octanol–water partition coefficient (Wildman–Crippen LogP) is 3.39. The Labute approximate surface area is 106 Å². The molecule has 0 radical (unpaired) electrons. The van der Waals surface area contributed by atoms with Gasteiger partial charge in [-0.1, -0.05) is 20.3 Å². The molecule has 1 unspecified atom stereocenters. The lowest BCUT2D eigenvalue weighted by Crippen LogP contribution is -2.31. The maximum absolute atomic E-state index is 13.7. The first-order chi connectivity index (χ1) is 8.44. The summed E-state index contributed by atoms with van der Waals surface area (Å²) in [6, 6.07) is 1.04. The molecule has 2 rings (SSSR count). The molecule has 1 aromatic heterocycles. The van der Waals surface area contributed by atoms with E-state index < -0.39 is 11.6 Å². The number of halogens is 2. The third-order valence-electron chi connectivity index (χ3n) is 3.73. The molecule has 0 aliphatic heterocycles. The molecule has 0 spiro atoms. The number of pyridine rings is 1. The van der Waals surface area contributed by atoms with Gasteiger partial charge in [-0.15, -0.1) is 0 Å². The summed E-state index contributed by atoms with van der Waals surface area (Å²) in [5, 5.41) is 5.72. The van der Waals surface area contributed by atoms with Crippen LogP contribution in [-0.4, -0.2) is 18.1 Å². The molecule has 1 atom stereocenters. The minimum Gasteiger partial charge on any atom is -0.371 e. The van der Waals surface area contributed by atoms with Gasteiger partial charge < -0.3 is 10.6 Å². The first-order valence-corrected chi connectivity index (χ1v) is 6.24. The predicted molar refractivity (Wildman–Crippen MR) is 68.7 cm³/mol. The summed E-state index contributed by atoms with van der Waals surface area (Å²) in [7, 11) is 1.56. The van der Waals surface area contributed by atoms with Gasteiger partial charge in [-0.3, -0.25) is 0 Å². The summed E-state index contributed by atoms with van der Waals surface area (Å²) < 4.78 is 27.0. The Morgan fingerprint density at radius 1 is 1.28 bits per heavy atom. The largest absolute Gasteiger partial charge is 0.371 e. The zero-order valence-corrected chi connectivity index (χ0v) is 11.0. The van der Waals surface area contributed by atoms with E-state index in [2.05, 4.69) is 29.5 Å². The highest BCUT2D eigenvalue weighted by Gasteiger charge is 2.35. The highest BCUT2D eigenvalue weighted by atomic mass is 19.1. The normalized spacial score (nSPS) is 21.9. The van der Waals surface area contributed by atoms with Crippen molar-refractivity contribution in [3.8, 4) is 0 Å². The highest BCUT2D eigenvalue weighted by Crippen LogP contribution is 2.39. The average molecular weight is 255 g/mol. The molecule has 1 aliphatic rings. The van der Waals surface area contributed by atoms with Crippen LogP contribution >= 0.6 is 0 Å². The van der Waals surface area contributed by atoms with Crippen LogP contribution in [0.15, 0.2) is 6.07 Å². The minimum absolute atomic E-state index is 0.0645. The highest BCUT2D eigenvalue weighted by molar-refractivity contribution is 5.48. The van der Waals surface area contributed by atoms with E-state index in [0.717, 1.165) is 25.3 Å². The van der Waals surface area contributed by atoms with Gasteiger partial charge in [0.2, 0.25) is 0 Å². The number of hydrogen-bond donors (Lipinski definition) is 2. The summed E-state index contributed by atoms with van der Waals surface area (Å²) >= 11 is 0. The molecule has 5 heteroatoms. The Morgan fingerprint density at radius 3 is 2.50 bits per heavy atom. The zero-order chi connectivity index (χ0) is 13.3. The van der Waals surface area contributed by atoms with E-state index in [-0.39, 0.29) is 23.1 Å². The van der Waals surface area contributed by atoms with E-state index in [0.29, 0.717) is 0 Å². The van der Waals surface area contributed by atoms with Gasteiger partial charge in [-0.25, -0.2) is 13.8 Å². The molecule has 1 heterocycles. The molecule has 0 amide bonds. The Bertz CT molecular complexity index is 446. The molecule has 18 heavy (non-hydrogen) atoms. The van der Waals surface area contributed by atoms with E-state index in [1.165, 1.54) is 0 Å². The zero-order valence-electron chi connectivity index (χ0n) is 11.0. The van der Waals surface area contributed by atoms with Gasteiger partial charge in [-0.2, -0.15) is 0 Å². The van der Waals surface area contributed by atoms with Crippen LogP contribution in [-0.2, 0) is 0 Å². The number of anilines is 2. The Morgan fingerprint density at radius 2 is 1.94 bits per heavy atom. The number of aromatic nitrogens is 1. The monoisotopic (exact) mass is 255 g/mol. The van der Waals surface area contributed by atoms with E-state index in [1.807, 2.05) is 0 Å². The molecule has 2 N–H and O–H groups in total. The Kier molecular flexibility index (Phi) is 3.41. The second-order valence-corrected chi connectivity index (χ2v) is 5.48. The standard InChI is InChI=1S/C13H19F2N3/c1-13(2)6-4-5-10(13)17-12-9(15)7-8(14)11(16-3)18-12/h7,10H,4-6H2,1-3H3,(H2,16,17,18). The fraction of sp³-hybridized carbons (Fsp3) is 0.615. The lowest BCUT2D eigenvalue weighted by Gasteiger charge is -2.28. The van der Waals surface area contributed by atoms with Gasteiger partial charge in [0.15, 0.2) is 23.3 Å². The van der Waals surface area contributed by atoms with E-state index in [1.54, 1.807) is 7.05 Å². The van der Waals surface area contributed by atoms with Crippen LogP contribution in [0.1, 0.15) is 33.1 Å². The van der Waals surface area contributed by atoms with Gasteiger partial charge in [0, 0.05) is 19.2 Å². The summed E-state index contributed by atoms with van der Waals surface area (Å²) in [4.78, 5) is 3.95. The van der Waals surface area contributed by atoms with Crippen LogP contribution in [0.2, 0.25) is 0 Å². The molecule has 100 valence electrons. The summed E-state index contributed by atoms with van der Waals surface area (Å²) in [5.41, 5.74) is 0.113. The van der Waals surface area contributed by atoms with Crippen LogP contribution < -0.4 is 10.6 Å². The lowest BCUT2D eigenvalue weighted by atomic mass is 9.87. The third-order valence-corrected chi connectivity index (χ3v) is 3.73. The quantitative estimate of drug-likeness (QED) is 0.869. The third kappa shape index (κ3) is 2.40. The smallest absolute Gasteiger partial charge is 0.168 e. The Hall–Kier alpha value is -1.39. The first-order valence-electron chi connectivity index (χ1n) is 6.24. The van der Waals surface area contributed by atoms with E-state index in [4.69, 9.17) is 0 Å². The van der Waals surface area contributed by atoms with Gasteiger partial charge in [-0.05, 0) is 18.3 Å². The van der Waals surface area contributed by atoms with Crippen molar-refractivity contribution < 1.29 is 8.78 Å². The van der Waals surface area contributed by atoms with Crippen molar-refractivity contribution in [1.82, 2.24) is 4.98 Å². The molecule has 0 bridgehead atoms. The lowest BCUT2D eigenvalue weighted by molar-refractivity contribution is 0.348. The van der Waals surface area contributed by atoms with Crippen LogP contribution in [0.3, 0.4) is 0 Å². The maximum atomic E-state index is 13.7.